The number of imidazole rings is 1. The van der Waals surface area contributed by atoms with Gasteiger partial charge in [0, 0.05) is 14.1 Å². The van der Waals surface area contributed by atoms with Crippen LogP contribution in [0.2, 0.25) is 0 Å². The summed E-state index contributed by atoms with van der Waals surface area (Å²) in [7, 11) is 4.13. The first-order valence-electron chi connectivity index (χ1n) is 8.69. The molecule has 1 aliphatic rings. The van der Waals surface area contributed by atoms with Gasteiger partial charge >= 0.3 is 0 Å². The average Bonchev–Trinajstić information content (AvgIpc) is 3.20. The summed E-state index contributed by atoms with van der Waals surface area (Å²) < 4.78 is 2.10. The molecule has 2 aromatic carbocycles. The molecular formula is C21H19N5. The summed E-state index contributed by atoms with van der Waals surface area (Å²) in [5.74, 6) is 0.881. The zero-order valence-corrected chi connectivity index (χ0v) is 14.7. The minimum absolute atomic E-state index is 0.0158. The number of pyridine rings is 1. The second kappa shape index (κ2) is 5.59. The van der Waals surface area contributed by atoms with Crippen LogP contribution in [0.25, 0.3) is 22.6 Å². The zero-order chi connectivity index (χ0) is 17.7. The summed E-state index contributed by atoms with van der Waals surface area (Å²) in [6.45, 7) is 0. The third kappa shape index (κ3) is 2.17. The van der Waals surface area contributed by atoms with Gasteiger partial charge in [-0.25, -0.2) is 9.97 Å². The number of para-hydroxylation sites is 4. The van der Waals surface area contributed by atoms with E-state index in [9.17, 15) is 0 Å². The van der Waals surface area contributed by atoms with E-state index in [2.05, 4.69) is 58.2 Å². The fourth-order valence-electron chi connectivity index (χ4n) is 3.66. The molecule has 4 aromatic rings. The normalized spacial score (nSPS) is 15.9. The highest BCUT2D eigenvalue weighted by atomic mass is 15.3. The SMILES string of the molecule is CN1c2ccccc2NC1c1cccc(-c2nc3ccccc3n2C)n1. The molecule has 1 unspecified atom stereocenters. The minimum atomic E-state index is 0.0158. The van der Waals surface area contributed by atoms with E-state index in [0.29, 0.717) is 0 Å². The van der Waals surface area contributed by atoms with E-state index in [0.717, 1.165) is 33.9 Å². The van der Waals surface area contributed by atoms with E-state index in [1.165, 1.54) is 5.69 Å². The smallest absolute Gasteiger partial charge is 0.159 e. The number of anilines is 2. The molecule has 5 rings (SSSR count). The Morgan fingerprint density at radius 2 is 1.65 bits per heavy atom. The molecule has 1 atom stereocenters. The molecule has 26 heavy (non-hydrogen) atoms. The van der Waals surface area contributed by atoms with Crippen LogP contribution in [-0.4, -0.2) is 21.6 Å². The highest BCUT2D eigenvalue weighted by molar-refractivity contribution is 5.80. The third-order valence-corrected chi connectivity index (χ3v) is 5.03. The van der Waals surface area contributed by atoms with E-state index in [1.807, 2.05) is 37.4 Å². The molecule has 0 amide bonds. The Labute approximate surface area is 151 Å². The first-order chi connectivity index (χ1) is 12.7. The fourth-order valence-corrected chi connectivity index (χ4v) is 3.66. The topological polar surface area (TPSA) is 46.0 Å². The van der Waals surface area contributed by atoms with Gasteiger partial charge in [0.2, 0.25) is 0 Å². The summed E-state index contributed by atoms with van der Waals surface area (Å²) in [5, 5.41) is 3.56. The summed E-state index contributed by atoms with van der Waals surface area (Å²) in [4.78, 5) is 11.9. The van der Waals surface area contributed by atoms with E-state index in [1.54, 1.807) is 0 Å². The molecular weight excluding hydrogens is 322 g/mol. The van der Waals surface area contributed by atoms with Crippen molar-refractivity contribution in [2.75, 3.05) is 17.3 Å². The Bertz CT molecular complexity index is 1110. The fraction of sp³-hybridized carbons (Fsp3) is 0.143. The van der Waals surface area contributed by atoms with Gasteiger partial charge in [0.25, 0.3) is 0 Å². The lowest BCUT2D eigenvalue weighted by Gasteiger charge is -2.22. The maximum atomic E-state index is 4.93. The molecule has 1 aliphatic heterocycles. The van der Waals surface area contributed by atoms with Crippen LogP contribution in [0, 0.1) is 0 Å². The van der Waals surface area contributed by atoms with E-state index < -0.39 is 0 Å². The average molecular weight is 341 g/mol. The lowest BCUT2D eigenvalue weighted by Crippen LogP contribution is -2.24. The highest BCUT2D eigenvalue weighted by Crippen LogP contribution is 2.39. The second-order valence-electron chi connectivity index (χ2n) is 6.61. The van der Waals surface area contributed by atoms with Gasteiger partial charge in [0.1, 0.15) is 11.9 Å². The number of hydrogen-bond donors (Lipinski definition) is 1. The Morgan fingerprint density at radius 1 is 0.846 bits per heavy atom. The quantitative estimate of drug-likeness (QED) is 0.594. The second-order valence-corrected chi connectivity index (χ2v) is 6.61. The van der Waals surface area contributed by atoms with Gasteiger partial charge in [0.05, 0.1) is 28.1 Å². The van der Waals surface area contributed by atoms with Crippen molar-refractivity contribution < 1.29 is 0 Å². The molecule has 0 fully saturated rings. The number of fused-ring (bicyclic) bond motifs is 2. The number of aromatic nitrogens is 3. The Kier molecular flexibility index (Phi) is 3.22. The summed E-state index contributed by atoms with van der Waals surface area (Å²) in [5.41, 5.74) is 6.28. The van der Waals surface area contributed by atoms with Crippen LogP contribution < -0.4 is 10.2 Å². The van der Waals surface area contributed by atoms with E-state index >= 15 is 0 Å². The Morgan fingerprint density at radius 3 is 2.50 bits per heavy atom. The largest absolute Gasteiger partial charge is 0.359 e. The number of nitrogens with zero attached hydrogens (tertiary/aromatic N) is 4. The van der Waals surface area contributed by atoms with Crippen LogP contribution in [0.4, 0.5) is 11.4 Å². The molecule has 5 nitrogen and oxygen atoms in total. The van der Waals surface area contributed by atoms with Gasteiger partial charge in [-0.2, -0.15) is 0 Å². The summed E-state index contributed by atoms with van der Waals surface area (Å²) >= 11 is 0. The summed E-state index contributed by atoms with van der Waals surface area (Å²) in [6.07, 6.45) is 0.0158. The number of nitrogens with one attached hydrogen (secondary N) is 1. The van der Waals surface area contributed by atoms with Crippen molar-refractivity contribution in [3.63, 3.8) is 0 Å². The molecule has 0 spiro atoms. The maximum absolute atomic E-state index is 4.93. The van der Waals surface area contributed by atoms with Crippen LogP contribution in [0.15, 0.2) is 66.7 Å². The third-order valence-electron chi connectivity index (χ3n) is 5.03. The Hall–Kier alpha value is -3.34. The van der Waals surface area contributed by atoms with Crippen molar-refractivity contribution in [1.29, 1.82) is 0 Å². The van der Waals surface area contributed by atoms with Crippen LogP contribution in [0.5, 0.6) is 0 Å². The standard InChI is InChI=1S/C21H19N5/c1-25-18-12-5-3-8-14(18)23-20(25)16-10-7-11-17(22-16)21-24-15-9-4-6-13-19(15)26(21)2/h3-13,20,23H,1-2H3. The van der Waals surface area contributed by atoms with E-state index in [-0.39, 0.29) is 6.17 Å². The molecule has 0 radical (unpaired) electrons. The summed E-state index contributed by atoms with van der Waals surface area (Å²) in [6, 6.07) is 22.6. The molecule has 3 heterocycles. The van der Waals surface area contributed by atoms with Gasteiger partial charge in [-0.1, -0.05) is 30.3 Å². The van der Waals surface area contributed by atoms with Crippen molar-refractivity contribution in [2.24, 2.45) is 7.05 Å². The van der Waals surface area contributed by atoms with Crippen LogP contribution in [0.1, 0.15) is 11.9 Å². The van der Waals surface area contributed by atoms with Crippen molar-refractivity contribution in [3.05, 3.63) is 72.4 Å². The molecule has 0 saturated heterocycles. The number of aryl methyl sites for hydroxylation is 1. The van der Waals surface area contributed by atoms with Crippen molar-refractivity contribution in [2.45, 2.75) is 6.17 Å². The predicted molar refractivity (Wildman–Crippen MR) is 105 cm³/mol. The lowest BCUT2D eigenvalue weighted by atomic mass is 10.2. The Balaban J connectivity index is 1.57. The first-order valence-corrected chi connectivity index (χ1v) is 8.69. The van der Waals surface area contributed by atoms with Crippen LogP contribution in [-0.2, 0) is 7.05 Å². The molecule has 0 saturated carbocycles. The number of benzene rings is 2. The highest BCUT2D eigenvalue weighted by Gasteiger charge is 2.28. The van der Waals surface area contributed by atoms with Crippen LogP contribution in [0.3, 0.4) is 0 Å². The molecule has 2 aromatic heterocycles. The molecule has 0 bridgehead atoms. The molecule has 0 aliphatic carbocycles. The molecule has 5 heteroatoms. The van der Waals surface area contributed by atoms with Gasteiger partial charge in [-0.3, -0.25) is 0 Å². The molecule has 128 valence electrons. The lowest BCUT2D eigenvalue weighted by molar-refractivity contribution is 0.761. The van der Waals surface area contributed by atoms with Crippen molar-refractivity contribution in [1.82, 2.24) is 14.5 Å². The minimum Gasteiger partial charge on any atom is -0.359 e. The van der Waals surface area contributed by atoms with Crippen LogP contribution >= 0.6 is 0 Å². The number of hydrogen-bond acceptors (Lipinski definition) is 4. The van der Waals surface area contributed by atoms with Crippen molar-refractivity contribution >= 4 is 22.4 Å². The zero-order valence-electron chi connectivity index (χ0n) is 14.7. The van der Waals surface area contributed by atoms with Gasteiger partial charge in [0.15, 0.2) is 5.82 Å². The predicted octanol–water partition coefficient (Wildman–Crippen LogP) is 4.20. The van der Waals surface area contributed by atoms with Gasteiger partial charge in [-0.15, -0.1) is 0 Å². The number of rotatable bonds is 2. The molecule has 1 N–H and O–H groups in total. The van der Waals surface area contributed by atoms with Crippen molar-refractivity contribution in [3.8, 4) is 11.5 Å². The first kappa shape index (κ1) is 15.0. The van der Waals surface area contributed by atoms with E-state index in [4.69, 9.17) is 9.97 Å². The van der Waals surface area contributed by atoms with Gasteiger partial charge < -0.3 is 14.8 Å². The monoisotopic (exact) mass is 341 g/mol. The van der Waals surface area contributed by atoms with Gasteiger partial charge in [-0.05, 0) is 36.4 Å². The maximum Gasteiger partial charge on any atom is 0.159 e.